The molecule has 1 fully saturated rings. The van der Waals surface area contributed by atoms with Crippen LogP contribution in [0.1, 0.15) is 10.4 Å². The second-order valence-corrected chi connectivity index (χ2v) is 7.06. The van der Waals surface area contributed by atoms with Gasteiger partial charge in [-0.3, -0.25) is 9.78 Å². The quantitative estimate of drug-likeness (QED) is 0.676. The topological polar surface area (TPSA) is 39.7 Å². The average Bonchev–Trinajstić information content (AvgIpc) is 2.79. The van der Waals surface area contributed by atoms with Crippen LogP contribution in [0.15, 0.2) is 73.1 Å². The number of pyridine rings is 1. The van der Waals surface area contributed by atoms with Crippen molar-refractivity contribution < 1.29 is 9.18 Å². The monoisotopic (exact) mass is 390 g/mol. The van der Waals surface area contributed by atoms with E-state index in [1.54, 1.807) is 29.4 Å². The Morgan fingerprint density at radius 1 is 0.931 bits per heavy atom. The first-order valence-corrected chi connectivity index (χ1v) is 9.66. The predicted molar refractivity (Wildman–Crippen MR) is 113 cm³/mol. The molecule has 1 aliphatic rings. The number of para-hydroxylation sites is 2. The van der Waals surface area contributed by atoms with Crippen LogP contribution in [0.5, 0.6) is 0 Å². The van der Waals surface area contributed by atoms with Gasteiger partial charge in [-0.2, -0.15) is 0 Å². The van der Waals surface area contributed by atoms with E-state index in [9.17, 15) is 9.18 Å². The summed E-state index contributed by atoms with van der Waals surface area (Å²) in [6.45, 7) is 2.30. The van der Waals surface area contributed by atoms with Gasteiger partial charge in [0.05, 0.1) is 23.1 Å². The third-order valence-electron chi connectivity index (χ3n) is 5.26. The number of benzene rings is 2. The molecule has 0 radical (unpaired) electrons. The first-order chi connectivity index (χ1) is 14.1. The van der Waals surface area contributed by atoms with Gasteiger partial charge in [0.1, 0.15) is 5.82 Å². The van der Waals surface area contributed by atoms with Gasteiger partial charge < -0.3 is 14.7 Å². The summed E-state index contributed by atoms with van der Waals surface area (Å²) in [5, 5.41) is 0. The molecular formula is C23H23FN4O. The van der Waals surface area contributed by atoms with Crippen LogP contribution in [0.25, 0.3) is 0 Å². The highest BCUT2D eigenvalue weighted by Gasteiger charge is 2.24. The molecule has 1 saturated heterocycles. The molecule has 0 N–H and O–H groups in total. The van der Waals surface area contributed by atoms with E-state index in [2.05, 4.69) is 4.98 Å². The summed E-state index contributed by atoms with van der Waals surface area (Å²) >= 11 is 0. The zero-order valence-corrected chi connectivity index (χ0v) is 16.3. The zero-order chi connectivity index (χ0) is 20.2. The molecule has 29 heavy (non-hydrogen) atoms. The summed E-state index contributed by atoms with van der Waals surface area (Å²) < 4.78 is 14.0. The third kappa shape index (κ3) is 4.06. The predicted octanol–water partition coefficient (Wildman–Crippen LogP) is 3.95. The Balaban J connectivity index is 1.45. The Bertz CT molecular complexity index is 987. The van der Waals surface area contributed by atoms with Crippen LogP contribution in [0.3, 0.4) is 0 Å². The molecule has 148 valence electrons. The molecular weight excluding hydrogens is 367 g/mol. The minimum atomic E-state index is -0.229. The van der Waals surface area contributed by atoms with E-state index in [-0.39, 0.29) is 11.7 Å². The average molecular weight is 390 g/mol. The first kappa shape index (κ1) is 18.9. The van der Waals surface area contributed by atoms with Crippen LogP contribution in [-0.4, -0.2) is 49.0 Å². The molecule has 1 aliphatic heterocycles. The minimum absolute atomic E-state index is 0.0472. The van der Waals surface area contributed by atoms with Gasteiger partial charge in [0.2, 0.25) is 0 Å². The number of hydrogen-bond donors (Lipinski definition) is 0. The number of aromatic nitrogens is 1. The number of halogens is 1. The van der Waals surface area contributed by atoms with Crippen molar-refractivity contribution in [3.63, 3.8) is 0 Å². The van der Waals surface area contributed by atoms with Crippen LogP contribution >= 0.6 is 0 Å². The zero-order valence-electron chi connectivity index (χ0n) is 16.3. The number of nitrogens with zero attached hydrogens (tertiary/aromatic N) is 4. The fourth-order valence-electron chi connectivity index (χ4n) is 3.57. The Hall–Kier alpha value is -3.41. The van der Waals surface area contributed by atoms with Crippen molar-refractivity contribution in [2.75, 3.05) is 43.0 Å². The number of amides is 1. The fraction of sp³-hybridized carbons (Fsp3) is 0.217. The maximum atomic E-state index is 14.0. The number of carbonyl (C=O) groups is 1. The smallest absolute Gasteiger partial charge is 0.255 e. The van der Waals surface area contributed by atoms with Crippen LogP contribution < -0.4 is 9.80 Å². The van der Waals surface area contributed by atoms with Gasteiger partial charge in [-0.25, -0.2) is 4.39 Å². The Morgan fingerprint density at radius 3 is 2.34 bits per heavy atom. The van der Waals surface area contributed by atoms with Gasteiger partial charge in [0, 0.05) is 45.1 Å². The largest absolute Gasteiger partial charge is 0.366 e. The van der Waals surface area contributed by atoms with Crippen LogP contribution in [0.2, 0.25) is 0 Å². The summed E-state index contributed by atoms with van der Waals surface area (Å²) in [6, 6.07) is 18.6. The second-order valence-electron chi connectivity index (χ2n) is 7.06. The maximum Gasteiger partial charge on any atom is 0.255 e. The Morgan fingerprint density at radius 2 is 1.62 bits per heavy atom. The van der Waals surface area contributed by atoms with Crippen LogP contribution in [0.4, 0.5) is 21.5 Å². The van der Waals surface area contributed by atoms with Crippen molar-refractivity contribution in [1.29, 1.82) is 0 Å². The van der Waals surface area contributed by atoms with Crippen LogP contribution in [-0.2, 0) is 0 Å². The molecule has 1 aromatic heterocycles. The van der Waals surface area contributed by atoms with Crippen molar-refractivity contribution in [3.8, 4) is 0 Å². The standard InChI is InChI=1S/C23H23FN4O/c1-26(19-7-3-2-4-8-19)20-15-18(16-25-17-20)23(29)28-13-11-27(12-14-28)22-10-6-5-9-21(22)24/h2-10,15-17H,11-14H2,1H3. The normalized spacial score (nSPS) is 14.0. The molecule has 0 unspecified atom stereocenters. The van der Waals surface area contributed by atoms with Crippen molar-refractivity contribution in [3.05, 3.63) is 84.4 Å². The van der Waals surface area contributed by atoms with E-state index in [1.807, 2.05) is 59.3 Å². The van der Waals surface area contributed by atoms with Crippen molar-refractivity contribution in [2.45, 2.75) is 0 Å². The molecule has 1 amide bonds. The lowest BCUT2D eigenvalue weighted by molar-refractivity contribution is 0.0746. The van der Waals surface area contributed by atoms with Crippen LogP contribution in [0, 0.1) is 5.82 Å². The molecule has 0 saturated carbocycles. The molecule has 5 nitrogen and oxygen atoms in total. The van der Waals surface area contributed by atoms with E-state index >= 15 is 0 Å². The lowest BCUT2D eigenvalue weighted by Gasteiger charge is -2.36. The third-order valence-corrected chi connectivity index (χ3v) is 5.26. The summed E-state index contributed by atoms with van der Waals surface area (Å²) in [5.74, 6) is -0.276. The highest BCUT2D eigenvalue weighted by Crippen LogP contribution is 2.24. The molecule has 0 spiro atoms. The minimum Gasteiger partial charge on any atom is -0.366 e. The highest BCUT2D eigenvalue weighted by atomic mass is 19.1. The van der Waals surface area contributed by atoms with E-state index in [0.717, 1.165) is 11.4 Å². The van der Waals surface area contributed by atoms with E-state index in [4.69, 9.17) is 0 Å². The van der Waals surface area contributed by atoms with Gasteiger partial charge >= 0.3 is 0 Å². The number of piperazine rings is 1. The maximum absolute atomic E-state index is 14.0. The lowest BCUT2D eigenvalue weighted by Crippen LogP contribution is -2.49. The van der Waals surface area contributed by atoms with Gasteiger partial charge in [-0.1, -0.05) is 30.3 Å². The summed E-state index contributed by atoms with van der Waals surface area (Å²) in [6.07, 6.45) is 3.35. The molecule has 0 bridgehead atoms. The van der Waals surface area contributed by atoms with E-state index < -0.39 is 0 Å². The molecule has 0 atom stereocenters. The number of carbonyl (C=O) groups excluding carboxylic acids is 1. The molecule has 6 heteroatoms. The van der Waals surface area contributed by atoms with E-state index in [0.29, 0.717) is 37.4 Å². The molecule has 2 aromatic carbocycles. The fourth-order valence-corrected chi connectivity index (χ4v) is 3.57. The summed E-state index contributed by atoms with van der Waals surface area (Å²) in [4.78, 5) is 23.1. The van der Waals surface area contributed by atoms with E-state index in [1.165, 1.54) is 6.07 Å². The Kier molecular flexibility index (Phi) is 5.42. The van der Waals surface area contributed by atoms with Gasteiger partial charge in [0.15, 0.2) is 0 Å². The first-order valence-electron chi connectivity index (χ1n) is 9.66. The summed E-state index contributed by atoms with van der Waals surface area (Å²) in [7, 11) is 1.95. The number of hydrogen-bond acceptors (Lipinski definition) is 4. The lowest BCUT2D eigenvalue weighted by atomic mass is 10.2. The molecule has 4 rings (SSSR count). The van der Waals surface area contributed by atoms with Gasteiger partial charge in [-0.15, -0.1) is 0 Å². The Labute approximate surface area is 170 Å². The summed E-state index contributed by atoms with van der Waals surface area (Å²) in [5.41, 5.74) is 3.03. The molecule has 2 heterocycles. The van der Waals surface area contributed by atoms with Crippen molar-refractivity contribution >= 4 is 23.0 Å². The van der Waals surface area contributed by atoms with Crippen molar-refractivity contribution in [2.24, 2.45) is 0 Å². The SMILES string of the molecule is CN(c1ccccc1)c1cncc(C(=O)N2CCN(c3ccccc3F)CC2)c1. The van der Waals surface area contributed by atoms with Gasteiger partial charge in [-0.05, 0) is 30.3 Å². The van der Waals surface area contributed by atoms with Gasteiger partial charge in [0.25, 0.3) is 5.91 Å². The molecule has 3 aromatic rings. The van der Waals surface area contributed by atoms with Crippen molar-refractivity contribution in [1.82, 2.24) is 9.88 Å². The number of rotatable bonds is 4. The molecule has 0 aliphatic carbocycles. The highest BCUT2D eigenvalue weighted by molar-refractivity contribution is 5.95. The second kappa shape index (κ2) is 8.31. The number of anilines is 3.